The summed E-state index contributed by atoms with van der Waals surface area (Å²) < 4.78 is 6.22. The molecule has 1 aromatic heterocycles. The molecule has 3 N–H and O–H groups in total. The quantitative estimate of drug-likeness (QED) is 0.323. The zero-order valence-electron chi connectivity index (χ0n) is 19.0. The summed E-state index contributed by atoms with van der Waals surface area (Å²) in [6.45, 7) is 8.03. The molecule has 3 aromatic carbocycles. The number of aryl methyl sites for hydroxylation is 2. The molecule has 2 heterocycles. The first-order valence-corrected chi connectivity index (χ1v) is 11.2. The lowest BCUT2D eigenvalue weighted by Gasteiger charge is -2.18. The molecule has 0 saturated carbocycles. The molecule has 0 fully saturated rings. The van der Waals surface area contributed by atoms with Crippen LogP contribution in [-0.2, 0) is 6.42 Å². The number of fused-ring (bicyclic) bond motifs is 3. The van der Waals surface area contributed by atoms with Gasteiger partial charge in [0.05, 0.1) is 27.3 Å². The number of H-pyrrole nitrogens is 1. The number of aromatic nitrogens is 2. The second-order valence-electron chi connectivity index (χ2n) is 9.18. The highest BCUT2D eigenvalue weighted by Gasteiger charge is 2.36. The molecule has 0 spiro atoms. The number of hydrogen-bond donors (Lipinski definition) is 3. The van der Waals surface area contributed by atoms with Crippen LogP contribution in [0.15, 0.2) is 48.5 Å². The van der Waals surface area contributed by atoms with Gasteiger partial charge in [-0.25, -0.2) is 4.98 Å². The van der Waals surface area contributed by atoms with Crippen molar-refractivity contribution in [1.29, 1.82) is 0 Å². The molecule has 1 aliphatic rings. The molecule has 5 rings (SSSR count). The monoisotopic (exact) mass is 460 g/mol. The zero-order valence-corrected chi connectivity index (χ0v) is 19.7. The summed E-state index contributed by atoms with van der Waals surface area (Å²) >= 11 is 6.39. The van der Waals surface area contributed by atoms with Gasteiger partial charge in [0.2, 0.25) is 5.95 Å². The number of imidazole rings is 1. The van der Waals surface area contributed by atoms with Crippen LogP contribution in [0.1, 0.15) is 40.9 Å². The third-order valence-electron chi connectivity index (χ3n) is 5.74. The van der Waals surface area contributed by atoms with Crippen molar-refractivity contribution in [3.63, 3.8) is 0 Å². The van der Waals surface area contributed by atoms with Crippen LogP contribution < -0.4 is 15.4 Å². The van der Waals surface area contributed by atoms with Crippen molar-refractivity contribution >= 4 is 45.9 Å². The maximum atomic E-state index is 13.2. The van der Waals surface area contributed by atoms with Crippen molar-refractivity contribution in [3.05, 3.63) is 75.8 Å². The van der Waals surface area contributed by atoms with E-state index in [1.54, 1.807) is 6.07 Å². The number of nitrogens with zero attached hydrogens (tertiary/aromatic N) is 1. The SMILES string of the molecule is Cc1ccc(NC(=O)c2cc3[nH]c(Nc4ccc(C)cc4Cl)nc3c3c2OC(C)(C)C3)cc1. The van der Waals surface area contributed by atoms with E-state index in [0.29, 0.717) is 28.7 Å². The first kappa shape index (κ1) is 21.3. The first-order chi connectivity index (χ1) is 15.7. The van der Waals surface area contributed by atoms with Crippen LogP contribution in [0.5, 0.6) is 5.75 Å². The first-order valence-electron chi connectivity index (χ1n) is 10.8. The van der Waals surface area contributed by atoms with Crippen molar-refractivity contribution in [2.45, 2.75) is 39.7 Å². The van der Waals surface area contributed by atoms with E-state index in [0.717, 1.165) is 39.1 Å². The minimum atomic E-state index is -0.428. The molecule has 1 amide bonds. The second kappa shape index (κ2) is 7.81. The standard InChI is InChI=1S/C26H25ClN4O2/c1-14-5-8-16(9-6-14)28-24(32)17-12-21-22(18-13-26(3,4)33-23(17)18)31-25(30-21)29-20-10-7-15(2)11-19(20)27/h5-12H,13H2,1-4H3,(H,28,32)(H2,29,30,31). The fourth-order valence-corrected chi connectivity index (χ4v) is 4.41. The number of halogens is 1. The van der Waals surface area contributed by atoms with Crippen molar-refractivity contribution < 1.29 is 9.53 Å². The highest BCUT2D eigenvalue weighted by atomic mass is 35.5. The summed E-state index contributed by atoms with van der Waals surface area (Å²) in [6, 6.07) is 15.3. The number of anilines is 3. The molecule has 4 aromatic rings. The molecule has 0 bridgehead atoms. The van der Waals surface area contributed by atoms with Crippen LogP contribution >= 0.6 is 11.6 Å². The van der Waals surface area contributed by atoms with Crippen molar-refractivity contribution in [3.8, 4) is 5.75 Å². The maximum absolute atomic E-state index is 13.2. The molecule has 0 saturated heterocycles. The second-order valence-corrected chi connectivity index (χ2v) is 9.59. The third-order valence-corrected chi connectivity index (χ3v) is 6.05. The lowest BCUT2D eigenvalue weighted by Crippen LogP contribution is -2.25. The highest BCUT2D eigenvalue weighted by molar-refractivity contribution is 6.33. The highest BCUT2D eigenvalue weighted by Crippen LogP contribution is 2.42. The zero-order chi connectivity index (χ0) is 23.3. The molecular formula is C26H25ClN4O2. The Morgan fingerprint density at radius 1 is 1.09 bits per heavy atom. The summed E-state index contributed by atoms with van der Waals surface area (Å²) in [5.41, 5.74) is 6.22. The number of carbonyl (C=O) groups excluding carboxylic acids is 1. The third kappa shape index (κ3) is 4.14. The summed E-state index contributed by atoms with van der Waals surface area (Å²) in [4.78, 5) is 21.3. The fraction of sp³-hybridized carbons (Fsp3) is 0.231. The topological polar surface area (TPSA) is 79.0 Å². The Hall–Kier alpha value is -3.51. The Labute approximate surface area is 197 Å². The Morgan fingerprint density at radius 2 is 1.82 bits per heavy atom. The van der Waals surface area contributed by atoms with Gasteiger partial charge < -0.3 is 20.4 Å². The smallest absolute Gasteiger partial charge is 0.259 e. The van der Waals surface area contributed by atoms with Crippen LogP contribution in [-0.4, -0.2) is 21.5 Å². The predicted octanol–water partition coefficient (Wildman–Crippen LogP) is 6.54. The van der Waals surface area contributed by atoms with Crippen molar-refractivity contribution in [2.24, 2.45) is 0 Å². The van der Waals surface area contributed by atoms with Crippen molar-refractivity contribution in [1.82, 2.24) is 9.97 Å². The van der Waals surface area contributed by atoms with Gasteiger partial charge in [0.25, 0.3) is 5.91 Å². The van der Waals surface area contributed by atoms with E-state index in [1.807, 2.05) is 70.2 Å². The van der Waals surface area contributed by atoms with Crippen molar-refractivity contribution in [2.75, 3.05) is 10.6 Å². The number of rotatable bonds is 4. The Morgan fingerprint density at radius 3 is 2.55 bits per heavy atom. The molecule has 6 nitrogen and oxygen atoms in total. The van der Waals surface area contributed by atoms with Gasteiger partial charge in [0, 0.05) is 17.7 Å². The summed E-state index contributed by atoms with van der Waals surface area (Å²) in [5, 5.41) is 6.85. The lowest BCUT2D eigenvalue weighted by atomic mass is 9.98. The van der Waals surface area contributed by atoms with Crippen LogP contribution in [0.2, 0.25) is 5.02 Å². The van der Waals surface area contributed by atoms with E-state index in [4.69, 9.17) is 21.3 Å². The molecule has 1 aliphatic heterocycles. The molecule has 168 valence electrons. The Kier molecular flexibility index (Phi) is 5.05. The van der Waals surface area contributed by atoms with Gasteiger partial charge in [0.1, 0.15) is 11.4 Å². The Bertz CT molecular complexity index is 1390. The normalized spacial score (nSPS) is 14.1. The summed E-state index contributed by atoms with van der Waals surface area (Å²) in [5.74, 6) is 0.919. The largest absolute Gasteiger partial charge is 0.486 e. The molecule has 0 unspecified atom stereocenters. The van der Waals surface area contributed by atoms with Crippen LogP contribution in [0.4, 0.5) is 17.3 Å². The van der Waals surface area contributed by atoms with Gasteiger partial charge >= 0.3 is 0 Å². The summed E-state index contributed by atoms with van der Waals surface area (Å²) in [7, 11) is 0. The number of amides is 1. The minimum Gasteiger partial charge on any atom is -0.486 e. The van der Waals surface area contributed by atoms with Gasteiger partial charge in [-0.3, -0.25) is 4.79 Å². The van der Waals surface area contributed by atoms with Gasteiger partial charge in [-0.05, 0) is 63.6 Å². The number of nitrogens with one attached hydrogen (secondary N) is 3. The maximum Gasteiger partial charge on any atom is 0.259 e. The number of carbonyl (C=O) groups is 1. The Balaban J connectivity index is 1.54. The predicted molar refractivity (Wildman–Crippen MR) is 133 cm³/mol. The summed E-state index contributed by atoms with van der Waals surface area (Å²) in [6.07, 6.45) is 0.653. The van der Waals surface area contributed by atoms with Gasteiger partial charge in [-0.15, -0.1) is 0 Å². The van der Waals surface area contributed by atoms with E-state index in [9.17, 15) is 4.79 Å². The van der Waals surface area contributed by atoms with Crippen LogP contribution in [0.3, 0.4) is 0 Å². The van der Waals surface area contributed by atoms with Gasteiger partial charge in [-0.2, -0.15) is 0 Å². The number of aromatic amines is 1. The number of ether oxygens (including phenoxy) is 1. The fourth-order valence-electron chi connectivity index (χ4n) is 4.13. The van der Waals surface area contributed by atoms with Crippen LogP contribution in [0.25, 0.3) is 11.0 Å². The average Bonchev–Trinajstić information content (AvgIpc) is 3.30. The molecular weight excluding hydrogens is 436 g/mol. The minimum absolute atomic E-state index is 0.222. The molecule has 33 heavy (non-hydrogen) atoms. The molecule has 7 heteroatoms. The van der Waals surface area contributed by atoms with E-state index < -0.39 is 5.60 Å². The van der Waals surface area contributed by atoms with E-state index >= 15 is 0 Å². The molecule has 0 radical (unpaired) electrons. The molecule has 0 aliphatic carbocycles. The lowest BCUT2D eigenvalue weighted by molar-refractivity contribution is 0.101. The van der Waals surface area contributed by atoms with Gasteiger partial charge in [-0.1, -0.05) is 35.4 Å². The van der Waals surface area contributed by atoms with Gasteiger partial charge in [0.15, 0.2) is 0 Å². The number of hydrogen-bond acceptors (Lipinski definition) is 4. The van der Waals surface area contributed by atoms with Crippen LogP contribution in [0, 0.1) is 13.8 Å². The van der Waals surface area contributed by atoms with E-state index in [1.165, 1.54) is 0 Å². The average molecular weight is 461 g/mol. The number of benzene rings is 3. The van der Waals surface area contributed by atoms with E-state index in [-0.39, 0.29) is 5.91 Å². The molecule has 0 atom stereocenters. The van der Waals surface area contributed by atoms with E-state index in [2.05, 4.69) is 15.6 Å².